The SMILES string of the molecule is COc1cccc(C=O)c1F.C[CH-]CC.[Li+]. The first-order valence-electron chi connectivity index (χ1n) is 4.76. The van der Waals surface area contributed by atoms with E-state index in [1.807, 2.05) is 0 Å². The average molecular weight is 218 g/mol. The molecule has 0 aliphatic rings. The van der Waals surface area contributed by atoms with Crippen molar-refractivity contribution >= 4 is 6.29 Å². The van der Waals surface area contributed by atoms with Crippen LogP contribution in [0.1, 0.15) is 30.6 Å². The standard InChI is InChI=1S/C8H7FO2.C4H9.Li/c1-11-7-4-2-3-6(5-10)8(7)9;1-3-4-2;/h2-5H,1H3;3H,4H2,1-2H3;/q;-1;+1. The van der Waals surface area contributed by atoms with Gasteiger partial charge in [0.05, 0.1) is 12.7 Å². The Morgan fingerprint density at radius 2 is 2.06 bits per heavy atom. The number of hydrogen-bond acceptors (Lipinski definition) is 2. The average Bonchev–Trinajstić information content (AvgIpc) is 2.30. The first-order chi connectivity index (χ1) is 7.21. The molecule has 0 spiro atoms. The quantitative estimate of drug-likeness (QED) is 0.413. The van der Waals surface area contributed by atoms with E-state index in [4.69, 9.17) is 0 Å². The molecule has 0 aromatic heterocycles. The van der Waals surface area contributed by atoms with Crippen molar-refractivity contribution in [2.75, 3.05) is 7.11 Å². The monoisotopic (exact) mass is 218 g/mol. The summed E-state index contributed by atoms with van der Waals surface area (Å²) in [7, 11) is 1.35. The van der Waals surface area contributed by atoms with Crippen LogP contribution in [0.15, 0.2) is 18.2 Å². The largest absolute Gasteiger partial charge is 1.00 e. The third kappa shape index (κ3) is 5.94. The van der Waals surface area contributed by atoms with Crippen LogP contribution >= 0.6 is 0 Å². The van der Waals surface area contributed by atoms with E-state index >= 15 is 0 Å². The van der Waals surface area contributed by atoms with Gasteiger partial charge in [-0.1, -0.05) is 13.0 Å². The summed E-state index contributed by atoms with van der Waals surface area (Å²) in [5.74, 6) is -0.514. The van der Waals surface area contributed by atoms with Gasteiger partial charge in [0, 0.05) is 0 Å². The Labute approximate surface area is 108 Å². The molecule has 0 unspecified atom stereocenters. The Kier molecular flexibility index (Phi) is 11.8. The maximum absolute atomic E-state index is 12.9. The molecule has 0 N–H and O–H groups in total. The number of unbranched alkanes of at least 4 members (excludes halogenated alkanes) is 1. The van der Waals surface area contributed by atoms with Crippen molar-refractivity contribution in [3.63, 3.8) is 0 Å². The summed E-state index contributed by atoms with van der Waals surface area (Å²) >= 11 is 0. The van der Waals surface area contributed by atoms with Gasteiger partial charge in [0.15, 0.2) is 17.9 Å². The van der Waals surface area contributed by atoms with Crippen LogP contribution in [0.5, 0.6) is 5.75 Å². The van der Waals surface area contributed by atoms with Gasteiger partial charge in [-0.3, -0.25) is 4.79 Å². The second kappa shape index (κ2) is 10.7. The van der Waals surface area contributed by atoms with Crippen molar-refractivity contribution in [3.8, 4) is 5.75 Å². The van der Waals surface area contributed by atoms with Crippen molar-refractivity contribution < 1.29 is 32.8 Å². The van der Waals surface area contributed by atoms with E-state index < -0.39 is 5.82 Å². The fourth-order valence-electron chi connectivity index (χ4n) is 0.776. The number of carbonyl (C=O) groups excluding carboxylic acids is 1. The van der Waals surface area contributed by atoms with E-state index in [9.17, 15) is 9.18 Å². The molecule has 0 fully saturated rings. The van der Waals surface area contributed by atoms with Gasteiger partial charge in [0.2, 0.25) is 0 Å². The number of methoxy groups -OCH3 is 1. The fourth-order valence-corrected chi connectivity index (χ4v) is 0.776. The molecule has 1 aromatic carbocycles. The summed E-state index contributed by atoms with van der Waals surface area (Å²) < 4.78 is 17.6. The molecule has 0 heterocycles. The Bertz CT molecular complexity index is 301. The number of rotatable bonds is 3. The van der Waals surface area contributed by atoms with Gasteiger partial charge in [-0.05, 0) is 12.1 Å². The predicted molar refractivity (Wildman–Crippen MR) is 58.6 cm³/mol. The van der Waals surface area contributed by atoms with Crippen LogP contribution in [0.3, 0.4) is 0 Å². The molecule has 0 atom stereocenters. The molecule has 1 aromatic rings. The number of aldehydes is 1. The van der Waals surface area contributed by atoms with E-state index in [-0.39, 0.29) is 30.2 Å². The molecule has 84 valence electrons. The molecule has 0 saturated heterocycles. The minimum absolute atomic E-state index is 0. The molecule has 16 heavy (non-hydrogen) atoms. The molecule has 0 bridgehead atoms. The fraction of sp³-hybridized carbons (Fsp3) is 0.333. The van der Waals surface area contributed by atoms with Crippen molar-refractivity contribution in [2.24, 2.45) is 0 Å². The second-order valence-electron chi connectivity index (χ2n) is 2.80. The van der Waals surface area contributed by atoms with Gasteiger partial charge < -0.3 is 11.2 Å². The first-order valence-corrected chi connectivity index (χ1v) is 4.76. The summed E-state index contributed by atoms with van der Waals surface area (Å²) in [4.78, 5) is 10.2. The Morgan fingerprint density at radius 1 is 1.50 bits per heavy atom. The molecular formula is C12H16FLiO2. The molecule has 0 aliphatic carbocycles. The minimum Gasteiger partial charge on any atom is -0.494 e. The molecule has 0 radical (unpaired) electrons. The zero-order valence-electron chi connectivity index (χ0n) is 10.3. The van der Waals surface area contributed by atoms with E-state index in [1.165, 1.54) is 25.7 Å². The molecule has 1 rings (SSSR count). The van der Waals surface area contributed by atoms with Crippen LogP contribution in [-0.2, 0) is 0 Å². The van der Waals surface area contributed by atoms with Crippen molar-refractivity contribution in [2.45, 2.75) is 20.3 Å². The van der Waals surface area contributed by atoms with E-state index in [2.05, 4.69) is 25.0 Å². The normalized spacial score (nSPS) is 8.25. The van der Waals surface area contributed by atoms with Crippen LogP contribution in [0.4, 0.5) is 4.39 Å². The third-order valence-corrected chi connectivity index (χ3v) is 1.75. The van der Waals surface area contributed by atoms with Crippen molar-refractivity contribution in [1.82, 2.24) is 0 Å². The zero-order valence-corrected chi connectivity index (χ0v) is 10.3. The molecule has 2 nitrogen and oxygen atoms in total. The first kappa shape index (κ1) is 17.6. The topological polar surface area (TPSA) is 26.3 Å². The Balaban J connectivity index is 0. The molecule has 4 heteroatoms. The Hall–Kier alpha value is -0.783. The Morgan fingerprint density at radius 3 is 2.44 bits per heavy atom. The van der Waals surface area contributed by atoms with Gasteiger partial charge in [0.1, 0.15) is 0 Å². The number of benzene rings is 1. The maximum Gasteiger partial charge on any atom is 1.00 e. The van der Waals surface area contributed by atoms with Gasteiger partial charge in [-0.25, -0.2) is 4.39 Å². The molecule has 0 amide bonds. The second-order valence-corrected chi connectivity index (χ2v) is 2.80. The zero-order chi connectivity index (χ0) is 11.7. The van der Waals surface area contributed by atoms with Gasteiger partial charge in [0.25, 0.3) is 0 Å². The van der Waals surface area contributed by atoms with Gasteiger partial charge >= 0.3 is 18.9 Å². The molecule has 0 aliphatic heterocycles. The van der Waals surface area contributed by atoms with E-state index in [0.29, 0.717) is 6.29 Å². The predicted octanol–water partition coefficient (Wildman–Crippen LogP) is 0.271. The van der Waals surface area contributed by atoms with Crippen LogP contribution < -0.4 is 23.6 Å². The van der Waals surface area contributed by atoms with Crippen LogP contribution in [-0.4, -0.2) is 13.4 Å². The van der Waals surface area contributed by atoms with Crippen LogP contribution in [0.2, 0.25) is 0 Å². The van der Waals surface area contributed by atoms with Gasteiger partial charge in [-0.2, -0.15) is 13.3 Å². The number of halogens is 1. The maximum atomic E-state index is 12.9. The van der Waals surface area contributed by atoms with Crippen LogP contribution in [0.25, 0.3) is 0 Å². The summed E-state index contributed by atoms with van der Waals surface area (Å²) in [6, 6.07) is 4.42. The van der Waals surface area contributed by atoms with Gasteiger partial charge in [-0.15, -0.1) is 0 Å². The number of carbonyl (C=O) groups is 1. The summed E-state index contributed by atoms with van der Waals surface area (Å²) in [5.41, 5.74) is 0.0179. The summed E-state index contributed by atoms with van der Waals surface area (Å²) in [6.45, 7) is 4.18. The van der Waals surface area contributed by atoms with E-state index in [1.54, 1.807) is 6.07 Å². The minimum atomic E-state index is -0.606. The van der Waals surface area contributed by atoms with Crippen molar-refractivity contribution in [1.29, 1.82) is 0 Å². The van der Waals surface area contributed by atoms with Crippen molar-refractivity contribution in [3.05, 3.63) is 36.0 Å². The smallest absolute Gasteiger partial charge is 0.494 e. The molecular weight excluding hydrogens is 202 g/mol. The third-order valence-electron chi connectivity index (χ3n) is 1.75. The van der Waals surface area contributed by atoms with Crippen LogP contribution in [0, 0.1) is 12.2 Å². The number of hydrogen-bond donors (Lipinski definition) is 0. The van der Waals surface area contributed by atoms with E-state index in [0.717, 1.165) is 0 Å². The summed E-state index contributed by atoms with van der Waals surface area (Å²) in [6.07, 6.45) is 3.78. The molecule has 0 saturated carbocycles. The number of ether oxygens (including phenoxy) is 1. The summed E-state index contributed by atoms with van der Waals surface area (Å²) in [5, 5.41) is 0.